The molecule has 0 spiro atoms. The fraction of sp³-hybridized carbons (Fsp3) is 0.400. The Morgan fingerprint density at radius 3 is 2.50 bits per heavy atom. The van der Waals surface area contributed by atoms with E-state index in [9.17, 15) is 18.3 Å². The molecule has 0 radical (unpaired) electrons. The van der Waals surface area contributed by atoms with E-state index in [2.05, 4.69) is 0 Å². The van der Waals surface area contributed by atoms with Crippen molar-refractivity contribution in [1.29, 1.82) is 0 Å². The van der Waals surface area contributed by atoms with Gasteiger partial charge in [-0.15, -0.1) is 0 Å². The summed E-state index contributed by atoms with van der Waals surface area (Å²) in [6.45, 7) is -0.268. The fourth-order valence-corrected chi connectivity index (χ4v) is 1.33. The van der Waals surface area contributed by atoms with Gasteiger partial charge in [-0.05, 0) is 17.7 Å². The van der Waals surface area contributed by atoms with Crippen molar-refractivity contribution in [3.8, 4) is 5.75 Å². The number of rotatable bonds is 3. The highest BCUT2D eigenvalue weighted by Gasteiger charge is 2.35. The highest BCUT2D eigenvalue weighted by molar-refractivity contribution is 5.38. The maximum Gasteiger partial charge on any atom is 0.416 e. The van der Waals surface area contributed by atoms with Gasteiger partial charge in [-0.2, -0.15) is 13.2 Å². The summed E-state index contributed by atoms with van der Waals surface area (Å²) in [5.74, 6) is 0.0836. The first-order valence-corrected chi connectivity index (χ1v) is 4.53. The van der Waals surface area contributed by atoms with Gasteiger partial charge in [0.1, 0.15) is 5.75 Å². The van der Waals surface area contributed by atoms with Crippen LogP contribution in [0, 0.1) is 0 Å². The normalized spacial score (nSPS) is 13.6. The maximum atomic E-state index is 12.7. The van der Waals surface area contributed by atoms with Crippen LogP contribution in [0.1, 0.15) is 17.2 Å². The summed E-state index contributed by atoms with van der Waals surface area (Å²) in [5.41, 5.74) is 3.97. The second kappa shape index (κ2) is 4.71. The van der Waals surface area contributed by atoms with Gasteiger partial charge in [0.05, 0.1) is 18.8 Å². The van der Waals surface area contributed by atoms with Gasteiger partial charge in [0.25, 0.3) is 0 Å². The monoisotopic (exact) mass is 235 g/mol. The van der Waals surface area contributed by atoms with Gasteiger partial charge in [-0.25, -0.2) is 0 Å². The van der Waals surface area contributed by atoms with Crippen molar-refractivity contribution >= 4 is 0 Å². The van der Waals surface area contributed by atoms with Gasteiger partial charge in [-0.1, -0.05) is 6.07 Å². The van der Waals surface area contributed by atoms with E-state index in [1.165, 1.54) is 19.2 Å². The van der Waals surface area contributed by atoms with Crippen molar-refractivity contribution in [2.75, 3.05) is 13.7 Å². The molecule has 0 aliphatic rings. The van der Waals surface area contributed by atoms with Crippen LogP contribution in [0.3, 0.4) is 0 Å². The quantitative estimate of drug-likeness (QED) is 0.838. The van der Waals surface area contributed by atoms with Crippen LogP contribution in [-0.2, 0) is 6.18 Å². The Kier molecular flexibility index (Phi) is 3.77. The topological polar surface area (TPSA) is 55.5 Å². The van der Waals surface area contributed by atoms with Gasteiger partial charge < -0.3 is 15.6 Å². The number of aliphatic hydroxyl groups is 1. The third-order valence-corrected chi connectivity index (χ3v) is 2.15. The molecule has 0 saturated carbocycles. The van der Waals surface area contributed by atoms with Gasteiger partial charge in [-0.3, -0.25) is 0 Å². The zero-order valence-electron chi connectivity index (χ0n) is 8.58. The zero-order chi connectivity index (χ0) is 12.3. The number of benzene rings is 1. The zero-order valence-corrected chi connectivity index (χ0v) is 8.58. The van der Waals surface area contributed by atoms with Crippen LogP contribution >= 0.6 is 0 Å². The van der Waals surface area contributed by atoms with Crippen LogP contribution in [0.25, 0.3) is 0 Å². The summed E-state index contributed by atoms with van der Waals surface area (Å²) in [4.78, 5) is 0. The number of aliphatic hydroxyl groups excluding tert-OH is 1. The summed E-state index contributed by atoms with van der Waals surface area (Å²) in [5, 5.41) is 9.37. The van der Waals surface area contributed by atoms with Crippen LogP contribution in [-0.4, -0.2) is 18.8 Å². The molecule has 90 valence electrons. The molecule has 0 aliphatic heterocycles. The van der Waals surface area contributed by atoms with E-state index in [1.807, 2.05) is 0 Å². The first-order chi connectivity index (χ1) is 7.40. The minimum Gasteiger partial charge on any atom is -0.497 e. The average molecular weight is 235 g/mol. The summed E-state index contributed by atoms with van der Waals surface area (Å²) < 4.78 is 42.7. The van der Waals surface area contributed by atoms with Crippen molar-refractivity contribution in [3.05, 3.63) is 29.3 Å². The molecular weight excluding hydrogens is 223 g/mol. The first kappa shape index (κ1) is 12.8. The lowest BCUT2D eigenvalue weighted by atomic mass is 10.0. The second-order valence-electron chi connectivity index (χ2n) is 3.20. The molecule has 0 unspecified atom stereocenters. The Hall–Kier alpha value is -1.27. The average Bonchev–Trinajstić information content (AvgIpc) is 2.26. The minimum absolute atomic E-state index is 0.0836. The first-order valence-electron chi connectivity index (χ1n) is 4.53. The Labute approximate surface area is 90.6 Å². The standard InChI is InChI=1S/C10H12F3NO2/c1-16-6-2-3-7(9(15)5-14)8(4-6)10(11,12)13/h2-4,9,15H,5,14H2,1H3/t9-/m0/s1. The highest BCUT2D eigenvalue weighted by Crippen LogP contribution is 2.36. The van der Waals surface area contributed by atoms with Crippen LogP contribution in [0.2, 0.25) is 0 Å². The van der Waals surface area contributed by atoms with Crippen molar-refractivity contribution in [1.82, 2.24) is 0 Å². The molecule has 3 nitrogen and oxygen atoms in total. The summed E-state index contributed by atoms with van der Waals surface area (Å²) in [7, 11) is 1.27. The summed E-state index contributed by atoms with van der Waals surface area (Å²) in [6, 6.07) is 3.36. The molecule has 1 aromatic carbocycles. The summed E-state index contributed by atoms with van der Waals surface area (Å²) >= 11 is 0. The van der Waals surface area contributed by atoms with Crippen LogP contribution in [0.5, 0.6) is 5.75 Å². The lowest BCUT2D eigenvalue weighted by Crippen LogP contribution is -2.17. The number of hydrogen-bond acceptors (Lipinski definition) is 3. The number of alkyl halides is 3. The highest BCUT2D eigenvalue weighted by atomic mass is 19.4. The van der Waals surface area contributed by atoms with Crippen molar-refractivity contribution < 1.29 is 23.0 Å². The number of methoxy groups -OCH3 is 1. The van der Waals surface area contributed by atoms with Crippen LogP contribution in [0.4, 0.5) is 13.2 Å². The lowest BCUT2D eigenvalue weighted by molar-refractivity contribution is -0.139. The molecule has 0 aromatic heterocycles. The van der Waals surface area contributed by atoms with E-state index in [1.54, 1.807) is 0 Å². The third kappa shape index (κ3) is 2.65. The molecular formula is C10H12F3NO2. The maximum absolute atomic E-state index is 12.7. The molecule has 16 heavy (non-hydrogen) atoms. The van der Waals surface area contributed by atoms with Crippen LogP contribution < -0.4 is 10.5 Å². The predicted octanol–water partition coefficient (Wildman–Crippen LogP) is 1.71. The van der Waals surface area contributed by atoms with Crippen LogP contribution in [0.15, 0.2) is 18.2 Å². The van der Waals surface area contributed by atoms with Gasteiger partial charge in [0.15, 0.2) is 0 Å². The molecule has 0 heterocycles. The van der Waals surface area contributed by atoms with E-state index in [-0.39, 0.29) is 17.9 Å². The van der Waals surface area contributed by atoms with Gasteiger partial charge >= 0.3 is 6.18 Å². The Balaban J connectivity index is 3.27. The van der Waals surface area contributed by atoms with E-state index >= 15 is 0 Å². The predicted molar refractivity (Wildman–Crippen MR) is 52.0 cm³/mol. The lowest BCUT2D eigenvalue weighted by Gasteiger charge is -2.17. The van der Waals surface area contributed by atoms with E-state index in [4.69, 9.17) is 10.5 Å². The third-order valence-electron chi connectivity index (χ3n) is 2.15. The molecule has 1 aromatic rings. The summed E-state index contributed by atoms with van der Waals surface area (Å²) in [6.07, 6.45) is -5.87. The molecule has 0 amide bonds. The Bertz CT molecular complexity index is 366. The smallest absolute Gasteiger partial charge is 0.416 e. The molecule has 0 fully saturated rings. The number of ether oxygens (including phenoxy) is 1. The largest absolute Gasteiger partial charge is 0.497 e. The minimum atomic E-state index is -4.54. The second-order valence-corrected chi connectivity index (χ2v) is 3.20. The number of hydrogen-bond donors (Lipinski definition) is 2. The van der Waals surface area contributed by atoms with Crippen molar-refractivity contribution in [3.63, 3.8) is 0 Å². The molecule has 1 atom stereocenters. The van der Waals surface area contributed by atoms with Crippen molar-refractivity contribution in [2.45, 2.75) is 12.3 Å². The number of nitrogens with two attached hydrogens (primary N) is 1. The van der Waals surface area contributed by atoms with Gasteiger partial charge in [0.2, 0.25) is 0 Å². The van der Waals surface area contributed by atoms with E-state index in [0.717, 1.165) is 6.07 Å². The Morgan fingerprint density at radius 1 is 1.44 bits per heavy atom. The molecule has 0 bridgehead atoms. The number of halogens is 3. The van der Waals surface area contributed by atoms with E-state index < -0.39 is 17.8 Å². The molecule has 3 N–H and O–H groups in total. The Morgan fingerprint density at radius 2 is 2.06 bits per heavy atom. The van der Waals surface area contributed by atoms with E-state index in [0.29, 0.717) is 0 Å². The molecule has 0 aliphatic carbocycles. The van der Waals surface area contributed by atoms with Gasteiger partial charge in [0, 0.05) is 6.54 Å². The molecule has 6 heteroatoms. The molecule has 1 rings (SSSR count). The van der Waals surface area contributed by atoms with Crippen molar-refractivity contribution in [2.24, 2.45) is 5.73 Å². The molecule has 0 saturated heterocycles. The SMILES string of the molecule is COc1ccc([C@@H](O)CN)c(C(F)(F)F)c1. The fourth-order valence-electron chi connectivity index (χ4n) is 1.33.